The van der Waals surface area contributed by atoms with Gasteiger partial charge in [-0.3, -0.25) is 4.55 Å². The van der Waals surface area contributed by atoms with Gasteiger partial charge in [-0.25, -0.2) is 0 Å². The fraction of sp³-hybridized carbons (Fsp3) is 0. The summed E-state index contributed by atoms with van der Waals surface area (Å²) < 4.78 is 32.4. The summed E-state index contributed by atoms with van der Waals surface area (Å²) in [5, 5.41) is -0.221. The molecule has 0 spiro atoms. The van der Waals surface area contributed by atoms with Crippen molar-refractivity contribution in [2.45, 2.75) is 4.90 Å². The largest absolute Gasteiger partial charge is 0.399 e. The molecule has 0 unspecified atom stereocenters. The molecule has 0 saturated carbocycles. The maximum Gasteiger partial charge on any atom is 0.296 e. The first kappa shape index (κ1) is 14.9. The van der Waals surface area contributed by atoms with Gasteiger partial charge in [-0.1, -0.05) is 35.3 Å². The summed E-state index contributed by atoms with van der Waals surface area (Å²) in [6, 6.07) is 7.67. The Bertz CT molecular complexity index is 774. The quantitative estimate of drug-likeness (QED) is 0.578. The average Bonchev–Trinajstić information content (AvgIpc) is 2.34. The molecular weight excluding hydrogens is 323 g/mol. The zero-order valence-electron chi connectivity index (χ0n) is 9.97. The van der Waals surface area contributed by atoms with Gasteiger partial charge in [-0.05, 0) is 23.8 Å². The number of rotatable bonds is 2. The Kier molecular flexibility index (Phi) is 3.84. The highest BCUT2D eigenvalue weighted by Gasteiger charge is 2.24. The minimum atomic E-state index is -4.56. The van der Waals surface area contributed by atoms with E-state index in [4.69, 9.17) is 34.7 Å². The van der Waals surface area contributed by atoms with Crippen LogP contribution in [0.3, 0.4) is 0 Å². The van der Waals surface area contributed by atoms with E-state index >= 15 is 0 Å². The number of benzene rings is 2. The number of hydrogen-bond acceptors (Lipinski definition) is 4. The standard InChI is InChI=1S/C12H10Cl2N2O3S/c13-9-5-8(6-1-3-7(15)4-2-6)12(20(17,18)19)10(14)11(9)16/h1-5H,15-16H2,(H,17,18,19). The number of hydrogen-bond donors (Lipinski definition) is 3. The smallest absolute Gasteiger partial charge is 0.296 e. The van der Waals surface area contributed by atoms with E-state index < -0.39 is 15.0 Å². The Labute approximate surface area is 125 Å². The van der Waals surface area contributed by atoms with Crippen molar-refractivity contribution >= 4 is 44.7 Å². The van der Waals surface area contributed by atoms with E-state index in [9.17, 15) is 13.0 Å². The molecule has 2 rings (SSSR count). The molecule has 0 aromatic heterocycles. The van der Waals surface area contributed by atoms with E-state index in [2.05, 4.69) is 0 Å². The highest BCUT2D eigenvalue weighted by atomic mass is 35.5. The van der Waals surface area contributed by atoms with Crippen molar-refractivity contribution in [2.24, 2.45) is 0 Å². The Balaban J connectivity index is 2.85. The second-order valence-electron chi connectivity index (χ2n) is 4.06. The minimum absolute atomic E-state index is 0.0919. The third kappa shape index (κ3) is 2.69. The lowest BCUT2D eigenvalue weighted by molar-refractivity contribution is 0.483. The molecule has 0 aliphatic carbocycles. The Hall–Kier alpha value is -1.47. The SMILES string of the molecule is Nc1ccc(-c2cc(Cl)c(N)c(Cl)c2S(=O)(=O)O)cc1. The van der Waals surface area contributed by atoms with Crippen molar-refractivity contribution < 1.29 is 13.0 Å². The molecule has 2 aromatic rings. The zero-order chi connectivity index (χ0) is 15.1. The number of halogens is 2. The van der Waals surface area contributed by atoms with Crippen molar-refractivity contribution in [1.82, 2.24) is 0 Å². The van der Waals surface area contributed by atoms with Crippen LogP contribution in [0, 0.1) is 0 Å². The van der Waals surface area contributed by atoms with Crippen molar-refractivity contribution in [3.05, 3.63) is 40.4 Å². The van der Waals surface area contributed by atoms with Crippen molar-refractivity contribution in [3.8, 4) is 11.1 Å². The molecular formula is C12H10Cl2N2O3S. The van der Waals surface area contributed by atoms with Crippen LogP contribution < -0.4 is 11.5 Å². The second-order valence-corrected chi connectivity index (χ2v) is 6.20. The lowest BCUT2D eigenvalue weighted by atomic mass is 10.0. The third-order valence-corrected chi connectivity index (χ3v) is 4.45. The maximum atomic E-state index is 11.5. The predicted molar refractivity (Wildman–Crippen MR) is 80.5 cm³/mol. The van der Waals surface area contributed by atoms with Gasteiger partial charge in [0.05, 0.1) is 15.7 Å². The molecule has 0 atom stereocenters. The number of anilines is 2. The second kappa shape index (κ2) is 5.14. The zero-order valence-corrected chi connectivity index (χ0v) is 12.3. The molecule has 106 valence electrons. The molecule has 0 fully saturated rings. The molecule has 0 saturated heterocycles. The Morgan fingerprint density at radius 2 is 1.60 bits per heavy atom. The Morgan fingerprint density at radius 3 is 2.10 bits per heavy atom. The first-order valence-electron chi connectivity index (χ1n) is 5.32. The maximum absolute atomic E-state index is 11.5. The van der Waals surface area contributed by atoms with Crippen LogP contribution in [0.5, 0.6) is 0 Å². The summed E-state index contributed by atoms with van der Waals surface area (Å²) in [5.41, 5.74) is 12.2. The summed E-state index contributed by atoms with van der Waals surface area (Å²) in [6.07, 6.45) is 0. The summed E-state index contributed by atoms with van der Waals surface area (Å²) in [5.74, 6) is 0. The van der Waals surface area contributed by atoms with Gasteiger partial charge in [0.25, 0.3) is 10.1 Å². The topological polar surface area (TPSA) is 106 Å². The van der Waals surface area contributed by atoms with Gasteiger partial charge < -0.3 is 11.5 Å². The molecule has 0 aliphatic heterocycles. The van der Waals surface area contributed by atoms with Crippen molar-refractivity contribution in [1.29, 1.82) is 0 Å². The Morgan fingerprint density at radius 1 is 1.05 bits per heavy atom. The highest BCUT2D eigenvalue weighted by molar-refractivity contribution is 7.86. The van der Waals surface area contributed by atoms with Gasteiger partial charge in [0.1, 0.15) is 4.90 Å². The van der Waals surface area contributed by atoms with Crippen LogP contribution in [0.1, 0.15) is 0 Å². The highest BCUT2D eigenvalue weighted by Crippen LogP contribution is 2.40. The van der Waals surface area contributed by atoms with Crippen LogP contribution >= 0.6 is 23.2 Å². The molecule has 8 heteroatoms. The normalized spacial score (nSPS) is 11.6. The van der Waals surface area contributed by atoms with Crippen LogP contribution in [-0.2, 0) is 10.1 Å². The fourth-order valence-corrected chi connectivity index (χ4v) is 3.28. The van der Waals surface area contributed by atoms with E-state index in [1.165, 1.54) is 6.07 Å². The van der Waals surface area contributed by atoms with Gasteiger partial charge >= 0.3 is 0 Å². The monoisotopic (exact) mass is 332 g/mol. The van der Waals surface area contributed by atoms with Crippen molar-refractivity contribution in [3.63, 3.8) is 0 Å². The third-order valence-electron chi connectivity index (χ3n) is 2.69. The minimum Gasteiger partial charge on any atom is -0.399 e. The number of nitrogens with two attached hydrogens (primary N) is 2. The van der Waals surface area contributed by atoms with Crippen LogP contribution in [0.4, 0.5) is 11.4 Å². The predicted octanol–water partition coefficient (Wildman–Crippen LogP) is 3.07. The summed E-state index contributed by atoms with van der Waals surface area (Å²) in [7, 11) is -4.56. The van der Waals surface area contributed by atoms with Crippen LogP contribution in [0.15, 0.2) is 35.2 Å². The fourth-order valence-electron chi connectivity index (χ4n) is 1.74. The molecule has 20 heavy (non-hydrogen) atoms. The van der Waals surface area contributed by atoms with Gasteiger partial charge in [0.15, 0.2) is 0 Å². The molecule has 0 amide bonds. The van der Waals surface area contributed by atoms with Gasteiger partial charge in [0, 0.05) is 11.3 Å². The molecule has 0 aliphatic rings. The van der Waals surface area contributed by atoms with E-state index in [0.717, 1.165) is 0 Å². The summed E-state index contributed by atoms with van der Waals surface area (Å²) >= 11 is 11.8. The average molecular weight is 333 g/mol. The van der Waals surface area contributed by atoms with Crippen LogP contribution in [-0.4, -0.2) is 13.0 Å². The molecule has 0 radical (unpaired) electrons. The first-order chi connectivity index (χ1) is 9.21. The van der Waals surface area contributed by atoms with Crippen LogP contribution in [0.25, 0.3) is 11.1 Å². The van der Waals surface area contributed by atoms with E-state index in [-0.39, 0.29) is 21.3 Å². The van der Waals surface area contributed by atoms with E-state index in [1.54, 1.807) is 24.3 Å². The lowest BCUT2D eigenvalue weighted by Crippen LogP contribution is -2.05. The summed E-state index contributed by atoms with van der Waals surface area (Å²) in [4.78, 5) is -0.481. The molecule has 0 heterocycles. The van der Waals surface area contributed by atoms with Gasteiger partial charge in [-0.15, -0.1) is 0 Å². The lowest BCUT2D eigenvalue weighted by Gasteiger charge is -2.13. The van der Waals surface area contributed by atoms with Gasteiger partial charge in [-0.2, -0.15) is 8.42 Å². The summed E-state index contributed by atoms with van der Waals surface area (Å²) in [6.45, 7) is 0. The molecule has 0 bridgehead atoms. The molecule has 5 nitrogen and oxygen atoms in total. The van der Waals surface area contributed by atoms with E-state index in [0.29, 0.717) is 11.3 Å². The van der Waals surface area contributed by atoms with E-state index in [1.807, 2.05) is 0 Å². The number of nitrogen functional groups attached to an aromatic ring is 2. The molecule has 5 N–H and O–H groups in total. The van der Waals surface area contributed by atoms with Crippen molar-refractivity contribution in [2.75, 3.05) is 11.5 Å². The molecule has 2 aromatic carbocycles. The first-order valence-corrected chi connectivity index (χ1v) is 7.52. The van der Waals surface area contributed by atoms with Gasteiger partial charge in [0.2, 0.25) is 0 Å². The van der Waals surface area contributed by atoms with Crippen LogP contribution in [0.2, 0.25) is 10.0 Å².